The molecule has 1 heterocycles. The number of hydrogen-bond donors (Lipinski definition) is 2. The Bertz CT molecular complexity index is 734. The Hall–Kier alpha value is -2.20. The number of nitrogens with zero attached hydrogens (tertiary/aromatic N) is 1. The lowest BCUT2D eigenvalue weighted by Crippen LogP contribution is -2.25. The van der Waals surface area contributed by atoms with Crippen LogP contribution in [0.1, 0.15) is 68.7 Å². The van der Waals surface area contributed by atoms with Crippen molar-refractivity contribution in [2.75, 3.05) is 6.54 Å². The van der Waals surface area contributed by atoms with Gasteiger partial charge in [0.2, 0.25) is 0 Å². The zero-order valence-corrected chi connectivity index (χ0v) is 16.7. The first-order chi connectivity index (χ1) is 12.0. The molecular weight excluding hydrogens is 324 g/mol. The summed E-state index contributed by atoms with van der Waals surface area (Å²) < 4.78 is 0. The van der Waals surface area contributed by atoms with Gasteiger partial charge in [-0.2, -0.15) is 0 Å². The third-order valence-corrected chi connectivity index (χ3v) is 4.37. The molecule has 4 nitrogen and oxygen atoms in total. The molecule has 0 spiro atoms. The van der Waals surface area contributed by atoms with Crippen LogP contribution in [0.3, 0.4) is 0 Å². The molecule has 0 fully saturated rings. The average Bonchev–Trinajstić information content (AvgIpc) is 2.53. The largest absolute Gasteiger partial charge is 0.507 e. The first kappa shape index (κ1) is 20.1. The molecule has 0 saturated carbocycles. The van der Waals surface area contributed by atoms with Crippen molar-refractivity contribution < 1.29 is 9.90 Å². The second-order valence-corrected chi connectivity index (χ2v) is 8.77. The van der Waals surface area contributed by atoms with Crippen LogP contribution in [-0.4, -0.2) is 22.4 Å². The fourth-order valence-corrected chi connectivity index (χ4v) is 2.85. The van der Waals surface area contributed by atoms with Crippen molar-refractivity contribution in [3.8, 4) is 5.75 Å². The van der Waals surface area contributed by atoms with Gasteiger partial charge in [0.05, 0.1) is 12.2 Å². The minimum atomic E-state index is -0.248. The molecule has 0 atom stereocenters. The topological polar surface area (TPSA) is 62.2 Å². The van der Waals surface area contributed by atoms with E-state index in [1.54, 1.807) is 6.20 Å². The van der Waals surface area contributed by atoms with Crippen LogP contribution in [0.5, 0.6) is 5.75 Å². The van der Waals surface area contributed by atoms with Crippen LogP contribution in [0.2, 0.25) is 0 Å². The van der Waals surface area contributed by atoms with Crippen molar-refractivity contribution in [1.82, 2.24) is 10.3 Å². The first-order valence-electron chi connectivity index (χ1n) is 9.02. The van der Waals surface area contributed by atoms with Gasteiger partial charge in [-0.05, 0) is 35.1 Å². The SMILES string of the molecule is CC(C)(C)c1cc(C(=O)CNCc2ccccn2)cc(C(C)(C)C)c1O. The van der Waals surface area contributed by atoms with Crippen LogP contribution in [-0.2, 0) is 17.4 Å². The van der Waals surface area contributed by atoms with Gasteiger partial charge in [-0.15, -0.1) is 0 Å². The summed E-state index contributed by atoms with van der Waals surface area (Å²) in [6.07, 6.45) is 1.74. The maximum Gasteiger partial charge on any atom is 0.176 e. The van der Waals surface area contributed by atoms with Gasteiger partial charge in [0.25, 0.3) is 0 Å². The standard InChI is InChI=1S/C22H30N2O2/c1-21(2,3)17-11-15(12-18(20(17)26)22(4,5)6)19(25)14-23-13-16-9-7-8-10-24-16/h7-12,23,26H,13-14H2,1-6H3. The predicted molar refractivity (Wildman–Crippen MR) is 106 cm³/mol. The number of aromatic hydroxyl groups is 1. The molecule has 0 aliphatic rings. The van der Waals surface area contributed by atoms with E-state index in [4.69, 9.17) is 0 Å². The number of Topliss-reactive ketones (excluding diaryl/α,β-unsaturated/α-hetero) is 1. The Morgan fingerprint density at radius 3 is 2.08 bits per heavy atom. The summed E-state index contributed by atoms with van der Waals surface area (Å²) >= 11 is 0. The van der Waals surface area contributed by atoms with Crippen LogP contribution in [0.15, 0.2) is 36.5 Å². The zero-order chi connectivity index (χ0) is 19.5. The maximum atomic E-state index is 12.7. The van der Waals surface area contributed by atoms with Crippen LogP contribution in [0, 0.1) is 0 Å². The summed E-state index contributed by atoms with van der Waals surface area (Å²) in [5.41, 5.74) is 2.64. The Balaban J connectivity index is 2.26. The van der Waals surface area contributed by atoms with E-state index < -0.39 is 0 Å². The molecule has 0 saturated heterocycles. The average molecular weight is 354 g/mol. The predicted octanol–water partition coefficient (Wildman–Crippen LogP) is 4.35. The lowest BCUT2D eigenvalue weighted by Gasteiger charge is -2.28. The molecule has 1 aromatic carbocycles. The summed E-state index contributed by atoms with van der Waals surface area (Å²) in [5.74, 6) is 0.305. The molecule has 2 N–H and O–H groups in total. The van der Waals surface area contributed by atoms with E-state index in [0.29, 0.717) is 17.9 Å². The molecule has 0 aliphatic carbocycles. The van der Waals surface area contributed by atoms with Crippen LogP contribution >= 0.6 is 0 Å². The fraction of sp³-hybridized carbons (Fsp3) is 0.455. The highest BCUT2D eigenvalue weighted by molar-refractivity contribution is 5.98. The molecular formula is C22H30N2O2. The minimum Gasteiger partial charge on any atom is -0.507 e. The van der Waals surface area contributed by atoms with Crippen molar-refractivity contribution in [3.63, 3.8) is 0 Å². The monoisotopic (exact) mass is 354 g/mol. The summed E-state index contributed by atoms with van der Waals surface area (Å²) in [7, 11) is 0. The van der Waals surface area contributed by atoms with E-state index in [9.17, 15) is 9.90 Å². The maximum absolute atomic E-state index is 12.7. The lowest BCUT2D eigenvalue weighted by atomic mass is 9.78. The lowest BCUT2D eigenvalue weighted by molar-refractivity contribution is 0.0990. The van der Waals surface area contributed by atoms with Gasteiger partial charge >= 0.3 is 0 Å². The first-order valence-corrected chi connectivity index (χ1v) is 9.02. The van der Waals surface area contributed by atoms with Crippen molar-refractivity contribution in [3.05, 3.63) is 58.9 Å². The van der Waals surface area contributed by atoms with E-state index >= 15 is 0 Å². The van der Waals surface area contributed by atoms with E-state index in [1.165, 1.54) is 0 Å². The molecule has 2 rings (SSSR count). The highest BCUT2D eigenvalue weighted by Gasteiger charge is 2.27. The molecule has 4 heteroatoms. The number of benzene rings is 1. The number of carbonyl (C=O) groups is 1. The van der Waals surface area contributed by atoms with Crippen molar-refractivity contribution in [2.24, 2.45) is 0 Å². The van der Waals surface area contributed by atoms with Gasteiger partial charge in [0, 0.05) is 29.4 Å². The summed E-state index contributed by atoms with van der Waals surface area (Å²) in [5, 5.41) is 13.9. The van der Waals surface area contributed by atoms with Crippen LogP contribution < -0.4 is 5.32 Å². The van der Waals surface area contributed by atoms with E-state index in [0.717, 1.165) is 16.8 Å². The Morgan fingerprint density at radius 1 is 1.04 bits per heavy atom. The molecule has 0 radical (unpaired) electrons. The number of hydrogen-bond acceptors (Lipinski definition) is 4. The van der Waals surface area contributed by atoms with Gasteiger partial charge in [-0.25, -0.2) is 0 Å². The van der Waals surface area contributed by atoms with Gasteiger partial charge in [0.1, 0.15) is 5.75 Å². The van der Waals surface area contributed by atoms with E-state index in [-0.39, 0.29) is 23.2 Å². The molecule has 0 amide bonds. The van der Waals surface area contributed by atoms with Gasteiger partial charge in [0.15, 0.2) is 5.78 Å². The van der Waals surface area contributed by atoms with Crippen molar-refractivity contribution in [2.45, 2.75) is 58.9 Å². The number of ketones is 1. The molecule has 1 aromatic heterocycles. The molecule has 2 aromatic rings. The number of pyridine rings is 1. The highest BCUT2D eigenvalue weighted by atomic mass is 16.3. The third-order valence-electron chi connectivity index (χ3n) is 4.37. The normalized spacial score (nSPS) is 12.2. The van der Waals surface area contributed by atoms with Gasteiger partial charge in [-0.1, -0.05) is 47.6 Å². The van der Waals surface area contributed by atoms with Crippen molar-refractivity contribution >= 4 is 5.78 Å². The minimum absolute atomic E-state index is 0.0110. The Labute approximate surface area is 156 Å². The number of phenolic OH excluding ortho intramolecular Hbond substituents is 1. The molecule has 26 heavy (non-hydrogen) atoms. The number of rotatable bonds is 5. The van der Waals surface area contributed by atoms with Gasteiger partial charge in [-0.3, -0.25) is 9.78 Å². The zero-order valence-electron chi connectivity index (χ0n) is 16.7. The molecule has 0 aliphatic heterocycles. The Morgan fingerprint density at radius 2 is 1.62 bits per heavy atom. The second-order valence-electron chi connectivity index (χ2n) is 8.77. The smallest absolute Gasteiger partial charge is 0.176 e. The quantitative estimate of drug-likeness (QED) is 0.784. The molecule has 0 unspecified atom stereocenters. The van der Waals surface area contributed by atoms with Crippen LogP contribution in [0.4, 0.5) is 0 Å². The van der Waals surface area contributed by atoms with E-state index in [2.05, 4.69) is 10.3 Å². The molecule has 140 valence electrons. The fourth-order valence-electron chi connectivity index (χ4n) is 2.85. The number of aromatic nitrogens is 1. The summed E-state index contributed by atoms with van der Waals surface area (Å²) in [4.78, 5) is 17.0. The van der Waals surface area contributed by atoms with Gasteiger partial charge < -0.3 is 10.4 Å². The number of nitrogens with one attached hydrogen (secondary N) is 1. The summed E-state index contributed by atoms with van der Waals surface area (Å²) in [6, 6.07) is 9.38. The molecule has 0 bridgehead atoms. The van der Waals surface area contributed by atoms with Crippen LogP contribution in [0.25, 0.3) is 0 Å². The number of phenols is 1. The van der Waals surface area contributed by atoms with E-state index in [1.807, 2.05) is 71.9 Å². The number of carbonyl (C=O) groups excluding carboxylic acids is 1. The highest BCUT2D eigenvalue weighted by Crippen LogP contribution is 2.39. The second kappa shape index (κ2) is 7.58. The van der Waals surface area contributed by atoms with Crippen molar-refractivity contribution in [1.29, 1.82) is 0 Å². The third kappa shape index (κ3) is 4.92. The summed E-state index contributed by atoms with van der Waals surface area (Å²) in [6.45, 7) is 13.0. The Kier molecular flexibility index (Phi) is 5.87.